The summed E-state index contributed by atoms with van der Waals surface area (Å²) in [4.78, 5) is 19.2. The molecule has 1 aliphatic heterocycles. The van der Waals surface area contributed by atoms with Crippen LogP contribution in [0.15, 0.2) is 59.8 Å². The Kier molecular flexibility index (Phi) is 8.55. The fraction of sp³-hybridized carbons (Fsp3) is 0.417. The van der Waals surface area contributed by atoms with Crippen molar-refractivity contribution in [1.29, 1.82) is 0 Å². The highest BCUT2D eigenvalue weighted by Gasteiger charge is 2.26. The molecule has 31 heavy (non-hydrogen) atoms. The molecule has 0 saturated heterocycles. The van der Waals surface area contributed by atoms with Crippen LogP contribution in [-0.2, 0) is 20.9 Å². The van der Waals surface area contributed by atoms with Crippen molar-refractivity contribution in [2.45, 2.75) is 44.9 Å². The minimum Gasteiger partial charge on any atom is -0.463 e. The summed E-state index contributed by atoms with van der Waals surface area (Å²) >= 11 is 0. The Morgan fingerprint density at radius 2 is 2.00 bits per heavy atom. The van der Waals surface area contributed by atoms with Crippen LogP contribution in [0.1, 0.15) is 37.3 Å². The molecule has 3 rings (SSSR count). The number of ether oxygens (including phenoxy) is 1. The number of benzene rings is 2. The number of rotatable bonds is 11. The van der Waals surface area contributed by atoms with Crippen LogP contribution in [0.3, 0.4) is 0 Å². The Bertz CT molecular complexity index is 858. The number of carbonyl (C=O) groups excluding carboxylic acids is 1. The average Bonchev–Trinajstić information content (AvgIpc) is 3.23. The summed E-state index contributed by atoms with van der Waals surface area (Å²) in [7, 11) is 0. The number of halogens is 1. The van der Waals surface area contributed by atoms with E-state index in [9.17, 15) is 14.3 Å². The van der Waals surface area contributed by atoms with Crippen LogP contribution in [0.4, 0.5) is 4.39 Å². The van der Waals surface area contributed by atoms with Crippen molar-refractivity contribution in [3.05, 3.63) is 71.5 Å². The molecule has 0 amide bonds. The van der Waals surface area contributed by atoms with E-state index in [2.05, 4.69) is 5.16 Å². The van der Waals surface area contributed by atoms with Crippen molar-refractivity contribution in [2.24, 2.45) is 5.16 Å². The number of oxime groups is 1. The summed E-state index contributed by atoms with van der Waals surface area (Å²) < 4.78 is 18.4. The van der Waals surface area contributed by atoms with Gasteiger partial charge in [-0.2, -0.15) is 0 Å². The maximum atomic E-state index is 13.3. The van der Waals surface area contributed by atoms with E-state index in [1.165, 1.54) is 12.1 Å². The summed E-state index contributed by atoms with van der Waals surface area (Å²) in [6.07, 6.45) is 0.698. The van der Waals surface area contributed by atoms with Crippen LogP contribution in [0.2, 0.25) is 0 Å². The van der Waals surface area contributed by atoms with Gasteiger partial charge in [-0.15, -0.1) is 0 Å². The molecule has 0 bridgehead atoms. The van der Waals surface area contributed by atoms with Gasteiger partial charge >= 0.3 is 5.97 Å². The second kappa shape index (κ2) is 11.6. The van der Waals surface area contributed by atoms with Crippen LogP contribution in [0.5, 0.6) is 0 Å². The number of nitrogens with zero attached hydrogens (tertiary/aromatic N) is 2. The zero-order valence-corrected chi connectivity index (χ0v) is 17.7. The van der Waals surface area contributed by atoms with E-state index in [0.29, 0.717) is 32.4 Å². The maximum absolute atomic E-state index is 13.3. The third-order valence-electron chi connectivity index (χ3n) is 4.98. The van der Waals surface area contributed by atoms with Gasteiger partial charge in [0.2, 0.25) is 0 Å². The second-order valence-electron chi connectivity index (χ2n) is 7.74. The molecule has 0 aromatic heterocycles. The predicted molar refractivity (Wildman–Crippen MR) is 116 cm³/mol. The minimum atomic E-state index is -0.836. The number of aliphatic hydroxyl groups is 1. The third-order valence-corrected chi connectivity index (χ3v) is 4.98. The second-order valence-corrected chi connectivity index (χ2v) is 7.74. The molecule has 0 fully saturated rings. The first-order chi connectivity index (χ1) is 15.0. The zero-order chi connectivity index (χ0) is 22.1. The first-order valence-corrected chi connectivity index (χ1v) is 10.6. The van der Waals surface area contributed by atoms with Gasteiger partial charge in [-0.3, -0.25) is 9.69 Å². The van der Waals surface area contributed by atoms with Crippen molar-refractivity contribution in [3.63, 3.8) is 0 Å². The fourth-order valence-electron chi connectivity index (χ4n) is 3.48. The van der Waals surface area contributed by atoms with Gasteiger partial charge < -0.3 is 14.7 Å². The lowest BCUT2D eigenvalue weighted by molar-refractivity contribution is -0.147. The first-order valence-electron chi connectivity index (χ1n) is 10.6. The molecule has 1 N–H and O–H groups in total. The lowest BCUT2D eigenvalue weighted by atomic mass is 10.0. The number of esters is 1. The highest BCUT2D eigenvalue weighted by atomic mass is 19.1. The molecule has 0 saturated carbocycles. The summed E-state index contributed by atoms with van der Waals surface area (Å²) in [5.41, 5.74) is 2.83. The van der Waals surface area contributed by atoms with Gasteiger partial charge in [-0.25, -0.2) is 4.39 Å². The van der Waals surface area contributed by atoms with Crippen LogP contribution in [-0.4, -0.2) is 53.6 Å². The van der Waals surface area contributed by atoms with Crippen LogP contribution in [0.25, 0.3) is 0 Å². The molecular formula is C24H29FN2O4. The summed E-state index contributed by atoms with van der Waals surface area (Å²) in [5, 5.41) is 14.6. The van der Waals surface area contributed by atoms with Gasteiger partial charge in [0.15, 0.2) is 0 Å². The van der Waals surface area contributed by atoms with Gasteiger partial charge in [0.1, 0.15) is 24.6 Å². The Morgan fingerprint density at radius 1 is 1.26 bits per heavy atom. The number of hydrogen-bond acceptors (Lipinski definition) is 6. The van der Waals surface area contributed by atoms with Crippen molar-refractivity contribution >= 4 is 11.7 Å². The molecule has 1 aliphatic rings. The van der Waals surface area contributed by atoms with E-state index >= 15 is 0 Å². The van der Waals surface area contributed by atoms with E-state index in [-0.39, 0.29) is 31.0 Å². The van der Waals surface area contributed by atoms with Crippen molar-refractivity contribution in [1.82, 2.24) is 4.90 Å². The highest BCUT2D eigenvalue weighted by molar-refractivity contribution is 6.01. The minimum absolute atomic E-state index is 0.0595. The van der Waals surface area contributed by atoms with Crippen LogP contribution >= 0.6 is 0 Å². The Morgan fingerprint density at radius 3 is 2.71 bits per heavy atom. The zero-order valence-electron chi connectivity index (χ0n) is 17.7. The molecule has 0 spiro atoms. The maximum Gasteiger partial charge on any atom is 0.305 e. The molecule has 2 aromatic carbocycles. The first kappa shape index (κ1) is 22.9. The highest BCUT2D eigenvalue weighted by Crippen LogP contribution is 2.19. The summed E-state index contributed by atoms with van der Waals surface area (Å²) in [5.74, 6) is -0.607. The Balaban J connectivity index is 1.59. The lowest BCUT2D eigenvalue weighted by Gasteiger charge is -2.27. The smallest absolute Gasteiger partial charge is 0.305 e. The Labute approximate surface area is 182 Å². The normalized spacial score (nSPS) is 16.6. The summed E-state index contributed by atoms with van der Waals surface area (Å²) in [6.45, 7) is 3.15. The SMILES string of the molecule is CCCC(=O)OC[C@H](O)CN(Cc1ccc(F)cc1)C[C@@H]1CC(c2ccccc2)=NO1. The van der Waals surface area contributed by atoms with Crippen molar-refractivity contribution in [2.75, 3.05) is 19.7 Å². The number of aliphatic hydroxyl groups excluding tert-OH is 1. The molecule has 2 aromatic rings. The van der Waals surface area contributed by atoms with Crippen molar-refractivity contribution < 1.29 is 23.9 Å². The largest absolute Gasteiger partial charge is 0.463 e. The standard InChI is InChI=1S/C24H29FN2O4/c1-2-6-24(29)30-17-21(28)15-27(14-18-9-11-20(25)12-10-18)16-22-13-23(26-31-22)19-7-4-3-5-8-19/h3-5,7-12,21-22,28H,2,6,13-17H2,1H3/t21-,22+/m1/s1. The van der Waals surface area contributed by atoms with Gasteiger partial charge in [0.05, 0.1) is 5.71 Å². The molecule has 1 heterocycles. The molecule has 166 valence electrons. The molecule has 0 aliphatic carbocycles. The van der Waals surface area contributed by atoms with Gasteiger partial charge in [0.25, 0.3) is 0 Å². The molecule has 2 atom stereocenters. The fourth-order valence-corrected chi connectivity index (χ4v) is 3.48. The van der Waals surface area contributed by atoms with Crippen LogP contribution < -0.4 is 0 Å². The van der Waals surface area contributed by atoms with E-state index in [4.69, 9.17) is 9.57 Å². The van der Waals surface area contributed by atoms with Gasteiger partial charge in [0, 0.05) is 32.5 Å². The third kappa shape index (κ3) is 7.45. The number of carbonyl (C=O) groups is 1. The van der Waals surface area contributed by atoms with Gasteiger partial charge in [-0.1, -0.05) is 54.5 Å². The van der Waals surface area contributed by atoms with E-state index in [0.717, 1.165) is 16.8 Å². The Hall–Kier alpha value is -2.77. The molecule has 6 nitrogen and oxygen atoms in total. The van der Waals surface area contributed by atoms with E-state index < -0.39 is 6.10 Å². The predicted octanol–water partition coefficient (Wildman–Crippen LogP) is 3.53. The molecule has 0 unspecified atom stereocenters. The monoisotopic (exact) mass is 428 g/mol. The average molecular weight is 429 g/mol. The topological polar surface area (TPSA) is 71.4 Å². The number of hydrogen-bond donors (Lipinski definition) is 1. The quantitative estimate of drug-likeness (QED) is 0.555. The van der Waals surface area contributed by atoms with E-state index in [1.807, 2.05) is 42.2 Å². The van der Waals surface area contributed by atoms with Gasteiger partial charge in [-0.05, 0) is 29.7 Å². The lowest BCUT2D eigenvalue weighted by Crippen LogP contribution is -2.39. The van der Waals surface area contributed by atoms with Crippen molar-refractivity contribution in [3.8, 4) is 0 Å². The van der Waals surface area contributed by atoms with Crippen LogP contribution in [0, 0.1) is 5.82 Å². The molecule has 0 radical (unpaired) electrons. The molecule has 7 heteroatoms. The summed E-state index contributed by atoms with van der Waals surface area (Å²) in [6, 6.07) is 16.1. The molecular weight excluding hydrogens is 399 g/mol. The van der Waals surface area contributed by atoms with E-state index in [1.54, 1.807) is 12.1 Å².